The van der Waals surface area contributed by atoms with Crippen LogP contribution in [-0.4, -0.2) is 105 Å². The van der Waals surface area contributed by atoms with Crippen molar-refractivity contribution < 1.29 is 67.9 Å². The van der Waals surface area contributed by atoms with Gasteiger partial charge in [0.1, 0.15) is 19.3 Å². The van der Waals surface area contributed by atoms with E-state index in [2.05, 4.69) is 45.0 Å². The van der Waals surface area contributed by atoms with Crippen molar-refractivity contribution in [2.24, 2.45) is 28.6 Å². The van der Waals surface area contributed by atoms with Gasteiger partial charge in [-0.1, -0.05) is 91.9 Å². The van der Waals surface area contributed by atoms with E-state index in [0.717, 1.165) is 28.7 Å². The molecule has 0 unspecified atom stereocenters. The molecule has 87 heavy (non-hydrogen) atoms. The van der Waals surface area contributed by atoms with Crippen LogP contribution < -0.4 is 26.2 Å². The van der Waals surface area contributed by atoms with Crippen LogP contribution in [0, 0.1) is 40.4 Å². The number of hydrogen-bond donors (Lipinski definition) is 7. The van der Waals surface area contributed by atoms with Gasteiger partial charge >= 0.3 is 12.1 Å². The number of carbonyl (C=O) groups is 8. The summed E-state index contributed by atoms with van der Waals surface area (Å²) in [5.74, 6) is 2.07. The number of ether oxygens (including phenoxy) is 3. The molecule has 0 bridgehead atoms. The molecular formula is C66H66N6O14S. The van der Waals surface area contributed by atoms with E-state index in [1.165, 1.54) is 11.3 Å². The fourth-order valence-corrected chi connectivity index (χ4v) is 15.0. The zero-order valence-corrected chi connectivity index (χ0v) is 48.7. The molecule has 10 atom stereocenters. The fourth-order valence-electron chi connectivity index (χ4n) is 14.1. The lowest BCUT2D eigenvalue weighted by Crippen LogP contribution is -2.63. The molecule has 11 rings (SSSR count). The van der Waals surface area contributed by atoms with Crippen LogP contribution in [-0.2, 0) is 67.3 Å². The summed E-state index contributed by atoms with van der Waals surface area (Å²) in [5.41, 5.74) is 3.31. The van der Waals surface area contributed by atoms with Crippen LogP contribution in [0.15, 0.2) is 127 Å². The Morgan fingerprint density at radius 1 is 0.885 bits per heavy atom. The van der Waals surface area contributed by atoms with Crippen molar-refractivity contribution in [3.05, 3.63) is 165 Å². The van der Waals surface area contributed by atoms with E-state index in [4.69, 9.17) is 14.2 Å². The summed E-state index contributed by atoms with van der Waals surface area (Å²) in [6, 6.07) is 27.0. The maximum Gasteiger partial charge on any atom is 0.411 e. The number of ketones is 2. The average molecular weight is 1200 g/mol. The smallest absolute Gasteiger partial charge is 0.411 e. The quantitative estimate of drug-likeness (QED) is 0.0402. The number of hydrogen-bond acceptors (Lipinski definition) is 15. The van der Waals surface area contributed by atoms with Gasteiger partial charge in [-0.3, -0.25) is 38.9 Å². The van der Waals surface area contributed by atoms with Gasteiger partial charge in [-0.2, -0.15) is 0 Å². The lowest BCUT2D eigenvalue weighted by molar-refractivity contribution is -0.200. The van der Waals surface area contributed by atoms with Gasteiger partial charge in [-0.15, -0.1) is 11.3 Å². The molecule has 2 aliphatic heterocycles. The summed E-state index contributed by atoms with van der Waals surface area (Å²) in [7, 11) is 0. The standard InChI is InChI=1S/C66H66N6O14S/c1-64-27-26-46(74)30-43(64)18-21-47-48-31-54-66(53(76)36-73,65(48,2)32-51(75)60(47)64)86-62(85-54)52-33-68-57(87-52)29-39-8-7-12-45(28-39)70-63(83)84-37-38-14-19-44(20-15-38)69-61(82)49(22-25-59(80)81)71-56(78)34-67-55(77)23-24-58(79)72-35-42-11-4-3-9-40(42)16-17-41-10-5-6-13-50(41)72/h3-15,19-20,26-28,30,33,47-49,51,54,60,62,73,75H,18,21-25,29,31-32,34-37H2,1-2H3,(H,67,77)(H,69,82)(H,70,83)(H,71,78)(H,80,81)/t47-,48-,49-,51-,54+,60+,62-,64-,65-,66+/m0/s1. The molecule has 20 nitrogen and oxygen atoms in total. The van der Waals surface area contributed by atoms with Gasteiger partial charge in [0.25, 0.3) is 0 Å². The number of carbonyl (C=O) groups excluding carboxylic acids is 7. The fraction of sp³-hybridized carbons (Fsp3) is 0.379. The minimum absolute atomic E-state index is 0.0290. The zero-order chi connectivity index (χ0) is 61.2. The number of aliphatic hydroxyl groups is 2. The van der Waals surface area contributed by atoms with Crippen LogP contribution in [0.1, 0.15) is 109 Å². The number of nitrogens with zero attached hydrogens (tertiary/aromatic N) is 2. The number of anilines is 3. The highest BCUT2D eigenvalue weighted by Crippen LogP contribution is 2.70. The third-order valence-corrected chi connectivity index (χ3v) is 19.2. The third kappa shape index (κ3) is 12.2. The Labute approximate surface area is 505 Å². The van der Waals surface area contributed by atoms with Crippen LogP contribution in [0.25, 0.3) is 0 Å². The SMILES string of the molecule is C[C@]12C=CC(=O)C=C1CC[C@@H]1[C@@H]2[C@@H](O)C[C@@]2(C)[C@H]1C[C@H]1O[C@H](c3cnc(Cc4cccc(NC(=O)OCc5ccc(NC(=O)[C@H](CCC(=O)O)NC(=O)CNC(=O)CCC(=O)N6Cc7ccccc7C#Cc7ccccc76)cc5)c4)s3)O[C@]12C(=O)CO. The number of amides is 5. The van der Waals surface area contributed by atoms with Gasteiger partial charge in [0.2, 0.25) is 23.6 Å². The van der Waals surface area contributed by atoms with Crippen LogP contribution in [0.2, 0.25) is 0 Å². The molecule has 5 aromatic rings. The number of Topliss-reactive ketones (excluding diaryl/α,β-unsaturated/α-hetero) is 1. The normalized spacial score (nSPS) is 25.8. The van der Waals surface area contributed by atoms with Gasteiger partial charge in [0.15, 0.2) is 23.5 Å². The molecule has 4 fully saturated rings. The van der Waals surface area contributed by atoms with E-state index in [0.29, 0.717) is 57.3 Å². The Bertz CT molecular complexity index is 3700. The number of rotatable bonds is 19. The Hall–Kier alpha value is -8.65. The molecule has 6 aliphatic rings. The number of carboxylic acid groups (broad SMARTS) is 1. The van der Waals surface area contributed by atoms with Gasteiger partial charge < -0.3 is 50.4 Å². The number of nitrogens with one attached hydrogen (secondary N) is 4. The molecule has 7 N–H and O–H groups in total. The first-order valence-corrected chi connectivity index (χ1v) is 29.9. The molecule has 4 aromatic carbocycles. The number of thiazole rings is 1. The third-order valence-electron chi connectivity index (χ3n) is 18.2. The maximum absolute atomic E-state index is 14.1. The molecule has 21 heteroatoms. The molecule has 450 valence electrons. The molecule has 0 spiro atoms. The van der Waals surface area contributed by atoms with Crippen molar-refractivity contribution in [3.8, 4) is 11.8 Å². The number of para-hydroxylation sites is 1. The van der Waals surface area contributed by atoms with Crippen molar-refractivity contribution in [1.82, 2.24) is 15.6 Å². The summed E-state index contributed by atoms with van der Waals surface area (Å²) in [5, 5.41) is 42.9. The average Bonchev–Trinajstić information content (AvgIpc) is 1.55. The van der Waals surface area contributed by atoms with Crippen molar-refractivity contribution in [1.29, 1.82) is 0 Å². The highest BCUT2D eigenvalue weighted by Gasteiger charge is 2.76. The first kappa shape index (κ1) is 60.1. The number of benzene rings is 4. The van der Waals surface area contributed by atoms with Crippen molar-refractivity contribution in [3.63, 3.8) is 0 Å². The van der Waals surface area contributed by atoms with Gasteiger partial charge in [-0.05, 0) is 115 Å². The van der Waals surface area contributed by atoms with Gasteiger partial charge in [0.05, 0.1) is 40.9 Å². The molecule has 3 saturated carbocycles. The Kier molecular flexibility index (Phi) is 17.2. The Balaban J connectivity index is 0.636. The summed E-state index contributed by atoms with van der Waals surface area (Å²) in [4.78, 5) is 111. The number of fused-ring (bicyclic) bond motifs is 9. The first-order chi connectivity index (χ1) is 41.8. The van der Waals surface area contributed by atoms with Crippen LogP contribution >= 0.6 is 11.3 Å². The van der Waals surface area contributed by atoms with Crippen LogP contribution in [0.4, 0.5) is 21.9 Å². The Morgan fingerprint density at radius 2 is 1.66 bits per heavy atom. The summed E-state index contributed by atoms with van der Waals surface area (Å²) in [6.07, 6.45) is 5.32. The number of aliphatic hydroxyl groups excluding tert-OH is 2. The monoisotopic (exact) mass is 1200 g/mol. The minimum atomic E-state index is -1.50. The minimum Gasteiger partial charge on any atom is -0.481 e. The van der Waals surface area contributed by atoms with E-state index in [-0.39, 0.29) is 68.3 Å². The van der Waals surface area contributed by atoms with E-state index in [9.17, 15) is 53.7 Å². The van der Waals surface area contributed by atoms with Crippen molar-refractivity contribution >= 4 is 75.7 Å². The Morgan fingerprint density at radius 3 is 2.45 bits per heavy atom. The molecule has 1 saturated heterocycles. The second kappa shape index (κ2) is 25.0. The van der Waals surface area contributed by atoms with E-state index >= 15 is 0 Å². The number of aliphatic carboxylic acids is 1. The largest absolute Gasteiger partial charge is 0.481 e. The van der Waals surface area contributed by atoms with Gasteiger partial charge in [0, 0.05) is 71.1 Å². The van der Waals surface area contributed by atoms with E-state index in [1.54, 1.807) is 77.8 Å². The van der Waals surface area contributed by atoms with E-state index in [1.807, 2.05) is 55.5 Å². The number of allylic oxidation sites excluding steroid dienone is 4. The molecule has 4 aliphatic carbocycles. The van der Waals surface area contributed by atoms with Crippen molar-refractivity contribution in [2.45, 2.75) is 115 Å². The van der Waals surface area contributed by atoms with E-state index < -0.39 is 96.1 Å². The predicted molar refractivity (Wildman–Crippen MR) is 318 cm³/mol. The summed E-state index contributed by atoms with van der Waals surface area (Å²) in [6.45, 7) is 2.93. The molecule has 5 amide bonds. The molecular weight excluding hydrogens is 1130 g/mol. The number of carboxylic acids is 1. The molecule has 1 aromatic heterocycles. The highest BCUT2D eigenvalue weighted by atomic mass is 32.1. The van der Waals surface area contributed by atoms with Gasteiger partial charge in [-0.25, -0.2) is 9.78 Å². The first-order valence-electron chi connectivity index (χ1n) is 29.1. The summed E-state index contributed by atoms with van der Waals surface area (Å²) < 4.78 is 18.9. The van der Waals surface area contributed by atoms with Crippen LogP contribution in [0.5, 0.6) is 0 Å². The molecule has 3 heterocycles. The van der Waals surface area contributed by atoms with Crippen molar-refractivity contribution in [2.75, 3.05) is 28.7 Å². The highest BCUT2D eigenvalue weighted by molar-refractivity contribution is 7.11. The lowest BCUT2D eigenvalue weighted by atomic mass is 9.46. The number of aromatic nitrogens is 1. The topological polar surface area (TPSA) is 289 Å². The molecule has 0 radical (unpaired) electrons. The maximum atomic E-state index is 14.1. The van der Waals surface area contributed by atoms with Crippen LogP contribution in [0.3, 0.4) is 0 Å². The predicted octanol–water partition coefficient (Wildman–Crippen LogP) is 7.22. The second-order valence-electron chi connectivity index (χ2n) is 23.5. The zero-order valence-electron chi connectivity index (χ0n) is 47.9. The second-order valence-corrected chi connectivity index (χ2v) is 24.6. The summed E-state index contributed by atoms with van der Waals surface area (Å²) >= 11 is 1.36. The lowest BCUT2D eigenvalue weighted by Gasteiger charge is -2.59.